The molecule has 0 nitrogen and oxygen atoms in total. The maximum Gasteiger partial charge on any atom is 0.0394 e. The van der Waals surface area contributed by atoms with Crippen molar-refractivity contribution >= 4 is 42.8 Å². The summed E-state index contributed by atoms with van der Waals surface area (Å²) in [7, 11) is 0. The largest absolute Gasteiger partial charge is 0.140 e. The molecule has 18 heavy (non-hydrogen) atoms. The lowest BCUT2D eigenvalue weighted by molar-refractivity contribution is 1.43. The predicted molar refractivity (Wildman–Crippen MR) is 85.6 cm³/mol. The zero-order valence-electron chi connectivity index (χ0n) is 11.8. The molecule has 3 aromatic rings. The Labute approximate surface area is 116 Å². The van der Waals surface area contributed by atoms with E-state index in [0.717, 1.165) is 0 Å². The fraction of sp³-hybridized carbons (Fsp3) is 0.375. The molecule has 0 saturated carbocycles. The van der Waals surface area contributed by atoms with Gasteiger partial charge in [0.15, 0.2) is 0 Å². The van der Waals surface area contributed by atoms with Gasteiger partial charge >= 0.3 is 0 Å². The van der Waals surface area contributed by atoms with E-state index in [4.69, 9.17) is 0 Å². The average Bonchev–Trinajstić information content (AvgIpc) is 2.77. The second kappa shape index (κ2) is 3.82. The van der Waals surface area contributed by atoms with Gasteiger partial charge in [-0.3, -0.25) is 0 Å². The van der Waals surface area contributed by atoms with Gasteiger partial charge < -0.3 is 0 Å². The van der Waals surface area contributed by atoms with Crippen LogP contribution in [0.2, 0.25) is 0 Å². The standard InChI is InChI=1S/C16H18S2/c1-7-11(5)17-15-10(4)16-14(9(3)13(7)15)8(2)12(6)18-16/h1-6H3. The molecule has 0 fully saturated rings. The number of fused-ring (bicyclic) bond motifs is 2. The molecular formula is C16H18S2. The maximum absolute atomic E-state index is 2.29. The highest BCUT2D eigenvalue weighted by Crippen LogP contribution is 2.44. The minimum absolute atomic E-state index is 1.46. The fourth-order valence-corrected chi connectivity index (χ4v) is 5.43. The lowest BCUT2D eigenvalue weighted by Gasteiger charge is -2.06. The molecule has 0 atom stereocenters. The third-order valence-electron chi connectivity index (χ3n) is 4.20. The Kier molecular flexibility index (Phi) is 2.58. The lowest BCUT2D eigenvalue weighted by atomic mass is 9.98. The molecule has 0 amide bonds. The van der Waals surface area contributed by atoms with Crippen molar-refractivity contribution in [3.05, 3.63) is 32.0 Å². The molecule has 0 spiro atoms. The molecule has 0 unspecified atom stereocenters. The van der Waals surface area contributed by atoms with E-state index in [9.17, 15) is 0 Å². The van der Waals surface area contributed by atoms with E-state index >= 15 is 0 Å². The summed E-state index contributed by atoms with van der Waals surface area (Å²) in [6.45, 7) is 13.6. The third-order valence-corrected chi connectivity index (χ3v) is 6.86. The van der Waals surface area contributed by atoms with Crippen molar-refractivity contribution in [3.63, 3.8) is 0 Å². The quantitative estimate of drug-likeness (QED) is 0.474. The van der Waals surface area contributed by atoms with Crippen molar-refractivity contribution < 1.29 is 0 Å². The predicted octanol–water partition coefficient (Wildman–Crippen LogP) is 5.97. The van der Waals surface area contributed by atoms with Gasteiger partial charge in [0, 0.05) is 19.2 Å². The van der Waals surface area contributed by atoms with Crippen LogP contribution in [-0.2, 0) is 0 Å². The second-order valence-electron chi connectivity index (χ2n) is 5.22. The van der Waals surface area contributed by atoms with Gasteiger partial charge in [-0.15, -0.1) is 22.7 Å². The summed E-state index contributed by atoms with van der Waals surface area (Å²) in [6.07, 6.45) is 0. The Morgan fingerprint density at radius 2 is 0.889 bits per heavy atom. The number of rotatable bonds is 0. The van der Waals surface area contributed by atoms with Crippen molar-refractivity contribution in [2.75, 3.05) is 0 Å². The molecule has 0 saturated heterocycles. The molecule has 3 rings (SSSR count). The Balaban J connectivity index is 2.69. The molecule has 2 heterocycles. The van der Waals surface area contributed by atoms with Crippen LogP contribution in [0.5, 0.6) is 0 Å². The van der Waals surface area contributed by atoms with Gasteiger partial charge in [-0.2, -0.15) is 0 Å². The zero-order chi connectivity index (χ0) is 13.2. The first-order chi connectivity index (χ1) is 8.43. The average molecular weight is 274 g/mol. The van der Waals surface area contributed by atoms with Crippen LogP contribution in [0.25, 0.3) is 20.2 Å². The van der Waals surface area contributed by atoms with E-state index in [0.29, 0.717) is 0 Å². The Bertz CT molecular complexity index is 721. The van der Waals surface area contributed by atoms with Crippen LogP contribution in [0.1, 0.15) is 32.0 Å². The van der Waals surface area contributed by atoms with Gasteiger partial charge in [-0.1, -0.05) is 0 Å². The summed E-state index contributed by atoms with van der Waals surface area (Å²) >= 11 is 3.91. The third kappa shape index (κ3) is 1.36. The highest BCUT2D eigenvalue weighted by Gasteiger charge is 2.18. The molecule has 0 bridgehead atoms. The van der Waals surface area contributed by atoms with E-state index in [2.05, 4.69) is 41.5 Å². The van der Waals surface area contributed by atoms with Crippen molar-refractivity contribution in [2.45, 2.75) is 41.5 Å². The van der Waals surface area contributed by atoms with Crippen molar-refractivity contribution in [3.8, 4) is 0 Å². The molecule has 2 aromatic heterocycles. The van der Waals surface area contributed by atoms with Gasteiger partial charge in [0.25, 0.3) is 0 Å². The Morgan fingerprint density at radius 3 is 1.28 bits per heavy atom. The number of thiophene rings is 2. The maximum atomic E-state index is 2.29. The minimum atomic E-state index is 1.46. The van der Waals surface area contributed by atoms with Gasteiger partial charge in [-0.05, 0) is 74.6 Å². The second-order valence-corrected chi connectivity index (χ2v) is 7.67. The van der Waals surface area contributed by atoms with Crippen LogP contribution in [0, 0.1) is 41.5 Å². The molecule has 0 aliphatic rings. The first-order valence-electron chi connectivity index (χ1n) is 6.32. The Hall–Kier alpha value is -0.860. The number of hydrogen-bond acceptors (Lipinski definition) is 2. The summed E-state index contributed by atoms with van der Waals surface area (Å²) in [5.41, 5.74) is 5.91. The van der Waals surface area contributed by atoms with Crippen LogP contribution in [-0.4, -0.2) is 0 Å². The van der Waals surface area contributed by atoms with Crippen molar-refractivity contribution in [2.24, 2.45) is 0 Å². The SMILES string of the molecule is Cc1sc2c(C)c3sc(C)c(C)c3c(C)c2c1C. The van der Waals surface area contributed by atoms with Crippen LogP contribution < -0.4 is 0 Å². The van der Waals surface area contributed by atoms with Gasteiger partial charge in [0.1, 0.15) is 0 Å². The number of aryl methyl sites for hydroxylation is 6. The molecule has 0 aliphatic carbocycles. The smallest absolute Gasteiger partial charge is 0.0394 e. The summed E-state index contributed by atoms with van der Waals surface area (Å²) in [6, 6.07) is 0. The first-order valence-corrected chi connectivity index (χ1v) is 7.95. The highest BCUT2D eigenvalue weighted by atomic mass is 32.1. The first kappa shape index (κ1) is 12.2. The lowest BCUT2D eigenvalue weighted by Crippen LogP contribution is -1.84. The summed E-state index contributed by atoms with van der Waals surface area (Å²) in [4.78, 5) is 2.92. The van der Waals surface area contributed by atoms with Gasteiger partial charge in [-0.25, -0.2) is 0 Å². The fourth-order valence-electron chi connectivity index (χ4n) is 2.91. The van der Waals surface area contributed by atoms with Crippen molar-refractivity contribution in [1.29, 1.82) is 0 Å². The monoisotopic (exact) mass is 274 g/mol. The topological polar surface area (TPSA) is 0 Å². The van der Waals surface area contributed by atoms with E-state index in [-0.39, 0.29) is 0 Å². The van der Waals surface area contributed by atoms with E-state index in [1.165, 1.54) is 52.2 Å². The van der Waals surface area contributed by atoms with Gasteiger partial charge in [0.2, 0.25) is 0 Å². The zero-order valence-corrected chi connectivity index (χ0v) is 13.4. The minimum Gasteiger partial charge on any atom is -0.140 e. The molecule has 94 valence electrons. The van der Waals surface area contributed by atoms with E-state index < -0.39 is 0 Å². The summed E-state index contributed by atoms with van der Waals surface area (Å²) in [5.74, 6) is 0. The molecule has 0 radical (unpaired) electrons. The van der Waals surface area contributed by atoms with Gasteiger partial charge in [0.05, 0.1) is 0 Å². The molecular weight excluding hydrogens is 256 g/mol. The molecule has 1 aromatic carbocycles. The van der Waals surface area contributed by atoms with E-state index in [1.54, 1.807) is 0 Å². The molecule has 0 aliphatic heterocycles. The molecule has 0 N–H and O–H groups in total. The van der Waals surface area contributed by atoms with Crippen LogP contribution in [0.15, 0.2) is 0 Å². The normalized spacial score (nSPS) is 11.9. The van der Waals surface area contributed by atoms with Crippen LogP contribution in [0.3, 0.4) is 0 Å². The number of benzene rings is 1. The van der Waals surface area contributed by atoms with E-state index in [1.807, 2.05) is 22.7 Å². The number of hydrogen-bond donors (Lipinski definition) is 0. The van der Waals surface area contributed by atoms with Crippen LogP contribution >= 0.6 is 22.7 Å². The molecule has 2 heteroatoms. The van der Waals surface area contributed by atoms with Crippen LogP contribution in [0.4, 0.5) is 0 Å². The summed E-state index contributed by atoms with van der Waals surface area (Å²) < 4.78 is 2.99. The summed E-state index contributed by atoms with van der Waals surface area (Å²) in [5, 5.41) is 3.01. The Morgan fingerprint density at radius 1 is 0.500 bits per heavy atom. The van der Waals surface area contributed by atoms with Crippen molar-refractivity contribution in [1.82, 2.24) is 0 Å². The highest BCUT2D eigenvalue weighted by molar-refractivity contribution is 7.22.